The van der Waals surface area contributed by atoms with E-state index in [1.807, 2.05) is 4.90 Å². The Balaban J connectivity index is 2.51. The Bertz CT molecular complexity index is 202. The maximum Gasteiger partial charge on any atom is 0.226 e. The number of amides is 1. The van der Waals surface area contributed by atoms with Crippen molar-refractivity contribution in [1.29, 1.82) is 0 Å². The highest BCUT2D eigenvalue weighted by atomic mass is 16.2. The highest BCUT2D eigenvalue weighted by Crippen LogP contribution is 2.18. The molecule has 1 fully saturated rings. The minimum Gasteiger partial charge on any atom is -0.343 e. The Morgan fingerprint density at radius 1 is 1.33 bits per heavy atom. The summed E-state index contributed by atoms with van der Waals surface area (Å²) in [6.07, 6.45) is 2.25. The Labute approximate surface area is 93.4 Å². The van der Waals surface area contributed by atoms with Crippen LogP contribution in [0.5, 0.6) is 0 Å². The minimum absolute atomic E-state index is 0.249. The second-order valence-corrected chi connectivity index (χ2v) is 4.24. The van der Waals surface area contributed by atoms with Crippen LogP contribution in [0.15, 0.2) is 0 Å². The maximum absolute atomic E-state index is 12.1. The lowest BCUT2D eigenvalue weighted by Crippen LogP contribution is -2.44. The molecule has 1 unspecified atom stereocenters. The van der Waals surface area contributed by atoms with Gasteiger partial charge in [0.2, 0.25) is 5.91 Å². The van der Waals surface area contributed by atoms with Gasteiger partial charge in [0.05, 0.1) is 5.92 Å². The quantitative estimate of drug-likeness (QED) is 0.706. The normalized spacial score (nSPS) is 22.7. The third-order valence-corrected chi connectivity index (χ3v) is 3.38. The molecule has 0 bridgehead atoms. The van der Waals surface area contributed by atoms with Crippen molar-refractivity contribution in [2.75, 3.05) is 32.7 Å². The standard InChI is InChI=1S/C12H24N2O/c1-4-13-9-7-8-11(10-13)12(15)14(5-2)6-3/h11H,4-10H2,1-3H3. The first-order valence-corrected chi connectivity index (χ1v) is 6.24. The summed E-state index contributed by atoms with van der Waals surface area (Å²) < 4.78 is 0. The van der Waals surface area contributed by atoms with Crippen molar-refractivity contribution in [2.45, 2.75) is 33.6 Å². The van der Waals surface area contributed by atoms with Crippen molar-refractivity contribution in [2.24, 2.45) is 5.92 Å². The smallest absolute Gasteiger partial charge is 0.226 e. The van der Waals surface area contributed by atoms with Gasteiger partial charge in [-0.3, -0.25) is 4.79 Å². The zero-order valence-corrected chi connectivity index (χ0v) is 10.3. The SMILES string of the molecule is CCN1CCCC(C(=O)N(CC)CC)C1. The summed E-state index contributed by atoms with van der Waals surface area (Å²) in [5.74, 6) is 0.608. The zero-order chi connectivity index (χ0) is 11.3. The molecule has 0 aromatic rings. The van der Waals surface area contributed by atoms with Gasteiger partial charge in [0.15, 0.2) is 0 Å². The number of hydrogen-bond donors (Lipinski definition) is 0. The molecule has 1 atom stereocenters. The fraction of sp³-hybridized carbons (Fsp3) is 0.917. The van der Waals surface area contributed by atoms with Crippen LogP contribution in [0.1, 0.15) is 33.6 Å². The molecule has 3 heteroatoms. The van der Waals surface area contributed by atoms with Crippen LogP contribution in [0, 0.1) is 5.92 Å². The van der Waals surface area contributed by atoms with Gasteiger partial charge in [-0.25, -0.2) is 0 Å². The van der Waals surface area contributed by atoms with Gasteiger partial charge in [-0.2, -0.15) is 0 Å². The van der Waals surface area contributed by atoms with Crippen molar-refractivity contribution in [3.8, 4) is 0 Å². The van der Waals surface area contributed by atoms with Crippen LogP contribution in [-0.4, -0.2) is 48.4 Å². The number of hydrogen-bond acceptors (Lipinski definition) is 2. The Morgan fingerprint density at radius 3 is 2.53 bits per heavy atom. The highest BCUT2D eigenvalue weighted by Gasteiger charge is 2.27. The average Bonchev–Trinajstić information content (AvgIpc) is 2.30. The van der Waals surface area contributed by atoms with Gasteiger partial charge in [0.1, 0.15) is 0 Å². The second-order valence-electron chi connectivity index (χ2n) is 4.24. The van der Waals surface area contributed by atoms with E-state index in [2.05, 4.69) is 25.7 Å². The Hall–Kier alpha value is -0.570. The van der Waals surface area contributed by atoms with Crippen molar-refractivity contribution in [1.82, 2.24) is 9.80 Å². The van der Waals surface area contributed by atoms with Crippen LogP contribution in [0.3, 0.4) is 0 Å². The molecule has 0 aromatic heterocycles. The van der Waals surface area contributed by atoms with Gasteiger partial charge in [-0.1, -0.05) is 6.92 Å². The fourth-order valence-corrected chi connectivity index (χ4v) is 2.34. The van der Waals surface area contributed by atoms with Crippen molar-refractivity contribution in [3.05, 3.63) is 0 Å². The summed E-state index contributed by atoms with van der Waals surface area (Å²) >= 11 is 0. The number of carbonyl (C=O) groups is 1. The van der Waals surface area contributed by atoms with E-state index in [-0.39, 0.29) is 5.92 Å². The molecule has 3 nitrogen and oxygen atoms in total. The Kier molecular flexibility index (Phi) is 5.09. The summed E-state index contributed by atoms with van der Waals surface area (Å²) in [7, 11) is 0. The molecular formula is C12H24N2O. The van der Waals surface area contributed by atoms with E-state index in [9.17, 15) is 4.79 Å². The first-order chi connectivity index (χ1) is 7.22. The Morgan fingerprint density at radius 2 is 2.00 bits per heavy atom. The molecule has 1 rings (SSSR count). The van der Waals surface area contributed by atoms with E-state index in [0.29, 0.717) is 5.91 Å². The first-order valence-electron chi connectivity index (χ1n) is 6.24. The summed E-state index contributed by atoms with van der Waals surface area (Å²) in [5.41, 5.74) is 0. The van der Waals surface area contributed by atoms with Crippen LogP contribution < -0.4 is 0 Å². The van der Waals surface area contributed by atoms with E-state index >= 15 is 0 Å². The van der Waals surface area contributed by atoms with Crippen LogP contribution in [0.2, 0.25) is 0 Å². The topological polar surface area (TPSA) is 23.6 Å². The van der Waals surface area contributed by atoms with Crippen LogP contribution in [0.25, 0.3) is 0 Å². The summed E-state index contributed by atoms with van der Waals surface area (Å²) in [4.78, 5) is 16.5. The number of likely N-dealkylation sites (tertiary alicyclic amines) is 1. The lowest BCUT2D eigenvalue weighted by molar-refractivity contribution is -0.136. The summed E-state index contributed by atoms with van der Waals surface area (Å²) in [6, 6.07) is 0. The summed E-state index contributed by atoms with van der Waals surface area (Å²) in [6.45, 7) is 11.2. The molecule has 88 valence electrons. The molecule has 0 radical (unpaired) electrons. The van der Waals surface area contributed by atoms with Gasteiger partial charge in [0.25, 0.3) is 0 Å². The van der Waals surface area contributed by atoms with Crippen molar-refractivity contribution >= 4 is 5.91 Å². The molecule has 0 saturated carbocycles. The number of carbonyl (C=O) groups excluding carboxylic acids is 1. The molecule has 15 heavy (non-hydrogen) atoms. The van der Waals surface area contributed by atoms with E-state index < -0.39 is 0 Å². The molecule has 1 aliphatic heterocycles. The monoisotopic (exact) mass is 212 g/mol. The molecule has 1 aliphatic rings. The van der Waals surface area contributed by atoms with Gasteiger partial charge in [0, 0.05) is 19.6 Å². The van der Waals surface area contributed by atoms with Gasteiger partial charge in [-0.05, 0) is 39.8 Å². The van der Waals surface area contributed by atoms with Crippen LogP contribution in [0.4, 0.5) is 0 Å². The molecule has 0 aromatic carbocycles. The van der Waals surface area contributed by atoms with Crippen LogP contribution >= 0.6 is 0 Å². The predicted molar refractivity (Wildman–Crippen MR) is 62.8 cm³/mol. The molecular weight excluding hydrogens is 188 g/mol. The maximum atomic E-state index is 12.1. The van der Waals surface area contributed by atoms with Crippen LogP contribution in [-0.2, 0) is 4.79 Å². The lowest BCUT2D eigenvalue weighted by Gasteiger charge is -2.33. The molecule has 1 heterocycles. The zero-order valence-electron chi connectivity index (χ0n) is 10.3. The molecule has 1 saturated heterocycles. The van der Waals surface area contributed by atoms with Crippen molar-refractivity contribution in [3.63, 3.8) is 0 Å². The molecule has 0 spiro atoms. The van der Waals surface area contributed by atoms with E-state index in [1.165, 1.54) is 13.0 Å². The first kappa shape index (κ1) is 12.5. The summed E-state index contributed by atoms with van der Waals surface area (Å²) in [5, 5.41) is 0. The molecule has 0 aliphatic carbocycles. The fourth-order valence-electron chi connectivity index (χ4n) is 2.34. The van der Waals surface area contributed by atoms with E-state index in [4.69, 9.17) is 0 Å². The van der Waals surface area contributed by atoms with Gasteiger partial charge in [-0.15, -0.1) is 0 Å². The average molecular weight is 212 g/mol. The second kappa shape index (κ2) is 6.11. The van der Waals surface area contributed by atoms with Crippen molar-refractivity contribution < 1.29 is 4.79 Å². The minimum atomic E-state index is 0.249. The number of piperidine rings is 1. The largest absolute Gasteiger partial charge is 0.343 e. The van der Waals surface area contributed by atoms with E-state index in [1.54, 1.807) is 0 Å². The van der Waals surface area contributed by atoms with E-state index in [0.717, 1.165) is 32.6 Å². The van der Waals surface area contributed by atoms with Gasteiger partial charge >= 0.3 is 0 Å². The predicted octanol–water partition coefficient (Wildman–Crippen LogP) is 1.59. The number of rotatable bonds is 4. The number of nitrogens with zero attached hydrogens (tertiary/aromatic N) is 2. The third-order valence-electron chi connectivity index (χ3n) is 3.38. The highest BCUT2D eigenvalue weighted by molar-refractivity contribution is 5.79. The molecule has 0 N–H and O–H groups in total. The lowest BCUT2D eigenvalue weighted by atomic mass is 9.96. The van der Waals surface area contributed by atoms with Gasteiger partial charge < -0.3 is 9.80 Å². The molecule has 1 amide bonds. The third kappa shape index (κ3) is 3.20.